The van der Waals surface area contributed by atoms with Gasteiger partial charge in [0, 0.05) is 49.8 Å². The molecule has 1 fully saturated rings. The van der Waals surface area contributed by atoms with Gasteiger partial charge in [0.2, 0.25) is 5.91 Å². The molecule has 2 aromatic heterocycles. The van der Waals surface area contributed by atoms with Crippen LogP contribution in [-0.2, 0) is 11.2 Å². The number of hydrogen-bond acceptors (Lipinski definition) is 5. The van der Waals surface area contributed by atoms with Crippen molar-refractivity contribution in [1.29, 1.82) is 0 Å². The second-order valence-electron chi connectivity index (χ2n) is 8.18. The maximum Gasteiger partial charge on any atom is 0.242 e. The van der Waals surface area contributed by atoms with Gasteiger partial charge in [0.1, 0.15) is 11.5 Å². The van der Waals surface area contributed by atoms with Gasteiger partial charge in [0.05, 0.1) is 12.7 Å². The molecule has 1 aliphatic heterocycles. The van der Waals surface area contributed by atoms with Gasteiger partial charge in [-0.25, -0.2) is 4.98 Å². The van der Waals surface area contributed by atoms with Crippen LogP contribution in [0.1, 0.15) is 12.5 Å². The lowest BCUT2D eigenvalue weighted by Gasteiger charge is -2.37. The van der Waals surface area contributed by atoms with Crippen LogP contribution in [0.15, 0.2) is 73.2 Å². The van der Waals surface area contributed by atoms with Crippen LogP contribution in [0.4, 0.5) is 11.5 Å². The molecule has 168 valence electrons. The molecule has 5 rings (SSSR count). The van der Waals surface area contributed by atoms with Crippen LogP contribution in [0.25, 0.3) is 16.9 Å². The molecule has 0 saturated carbocycles. The highest BCUT2D eigenvalue weighted by Gasteiger charge is 2.23. The highest BCUT2D eigenvalue weighted by atomic mass is 16.2. The number of nitrogens with zero attached hydrogens (tertiary/aromatic N) is 5. The van der Waals surface area contributed by atoms with E-state index in [0.717, 1.165) is 55.3 Å². The number of amides is 1. The molecule has 4 aromatic rings. The van der Waals surface area contributed by atoms with E-state index in [9.17, 15) is 4.79 Å². The van der Waals surface area contributed by atoms with E-state index < -0.39 is 0 Å². The van der Waals surface area contributed by atoms with E-state index in [0.29, 0.717) is 0 Å². The molecule has 1 aliphatic rings. The van der Waals surface area contributed by atoms with Crippen molar-refractivity contribution in [2.45, 2.75) is 13.3 Å². The first-order valence-electron chi connectivity index (χ1n) is 11.5. The van der Waals surface area contributed by atoms with E-state index in [1.54, 1.807) is 12.4 Å². The summed E-state index contributed by atoms with van der Waals surface area (Å²) in [5, 5.41) is 3.36. The summed E-state index contributed by atoms with van der Waals surface area (Å²) < 4.78 is 1.95. The Morgan fingerprint density at radius 1 is 1.00 bits per heavy atom. The molecule has 0 spiro atoms. The molecule has 33 heavy (non-hydrogen) atoms. The van der Waals surface area contributed by atoms with Crippen molar-refractivity contribution in [3.05, 3.63) is 78.8 Å². The Labute approximate surface area is 193 Å². The van der Waals surface area contributed by atoms with Crippen LogP contribution in [0.2, 0.25) is 0 Å². The van der Waals surface area contributed by atoms with Crippen molar-refractivity contribution >= 4 is 23.1 Å². The number of hydrogen-bond donors (Lipinski definition) is 1. The maximum absolute atomic E-state index is 13.0. The van der Waals surface area contributed by atoms with Gasteiger partial charge in [-0.3, -0.25) is 14.2 Å². The Hall–Kier alpha value is -3.87. The van der Waals surface area contributed by atoms with Crippen molar-refractivity contribution in [3.63, 3.8) is 0 Å². The van der Waals surface area contributed by atoms with Crippen molar-refractivity contribution in [3.8, 4) is 11.3 Å². The third-order valence-corrected chi connectivity index (χ3v) is 6.23. The van der Waals surface area contributed by atoms with Gasteiger partial charge >= 0.3 is 0 Å². The predicted octanol–water partition coefficient (Wildman–Crippen LogP) is 3.72. The Morgan fingerprint density at radius 2 is 1.76 bits per heavy atom. The summed E-state index contributed by atoms with van der Waals surface area (Å²) >= 11 is 0. The molecule has 1 N–H and O–H groups in total. The number of rotatable bonds is 6. The molecule has 0 atom stereocenters. The number of piperazine rings is 1. The molecule has 0 bridgehead atoms. The zero-order chi connectivity index (χ0) is 22.6. The van der Waals surface area contributed by atoms with Crippen molar-refractivity contribution in [1.82, 2.24) is 19.3 Å². The van der Waals surface area contributed by atoms with E-state index >= 15 is 0 Å². The molecule has 1 saturated heterocycles. The summed E-state index contributed by atoms with van der Waals surface area (Å²) in [7, 11) is 0. The first-order valence-corrected chi connectivity index (χ1v) is 11.5. The zero-order valence-electron chi connectivity index (χ0n) is 18.8. The van der Waals surface area contributed by atoms with Crippen LogP contribution in [0.5, 0.6) is 0 Å². The molecule has 1 amide bonds. The number of aromatic nitrogens is 3. The fraction of sp³-hybridized carbons (Fsp3) is 0.269. The van der Waals surface area contributed by atoms with E-state index in [1.165, 1.54) is 11.3 Å². The average Bonchev–Trinajstić information content (AvgIpc) is 3.26. The fourth-order valence-electron chi connectivity index (χ4n) is 4.46. The number of carbonyl (C=O) groups excluding carboxylic acids is 1. The van der Waals surface area contributed by atoms with Crippen LogP contribution in [0.3, 0.4) is 0 Å². The van der Waals surface area contributed by atoms with E-state index in [1.807, 2.05) is 45.8 Å². The number of benzene rings is 2. The number of carbonyl (C=O) groups is 1. The van der Waals surface area contributed by atoms with Crippen LogP contribution in [0, 0.1) is 0 Å². The van der Waals surface area contributed by atoms with Crippen LogP contribution < -0.4 is 10.2 Å². The molecule has 2 aromatic carbocycles. The smallest absolute Gasteiger partial charge is 0.242 e. The van der Waals surface area contributed by atoms with Gasteiger partial charge in [-0.2, -0.15) is 0 Å². The minimum atomic E-state index is 0.0986. The summed E-state index contributed by atoms with van der Waals surface area (Å²) in [5.41, 5.74) is 5.21. The quantitative estimate of drug-likeness (QED) is 0.495. The molecule has 0 aliphatic carbocycles. The van der Waals surface area contributed by atoms with Crippen LogP contribution in [-0.4, -0.2) is 57.9 Å². The number of para-hydroxylation sites is 1. The molecular formula is C26H28N6O. The number of aryl methyl sites for hydroxylation is 1. The number of anilines is 2. The average molecular weight is 441 g/mol. The van der Waals surface area contributed by atoms with E-state index in [2.05, 4.69) is 46.4 Å². The molecule has 7 nitrogen and oxygen atoms in total. The van der Waals surface area contributed by atoms with Crippen molar-refractivity contribution < 1.29 is 4.79 Å². The largest absolute Gasteiger partial charge is 0.368 e. The normalized spacial score (nSPS) is 14.0. The lowest BCUT2D eigenvalue weighted by molar-refractivity contribution is -0.129. The third kappa shape index (κ3) is 4.26. The highest BCUT2D eigenvalue weighted by molar-refractivity contribution is 5.84. The number of nitrogens with one attached hydrogen (secondary N) is 1. The second-order valence-corrected chi connectivity index (χ2v) is 8.18. The lowest BCUT2D eigenvalue weighted by Crippen LogP contribution is -2.50. The Morgan fingerprint density at radius 3 is 2.55 bits per heavy atom. The molecule has 3 heterocycles. The summed E-state index contributed by atoms with van der Waals surface area (Å²) in [6, 6.07) is 18.6. The topological polar surface area (TPSA) is 65.8 Å². The van der Waals surface area contributed by atoms with Gasteiger partial charge in [-0.1, -0.05) is 55.5 Å². The zero-order valence-corrected chi connectivity index (χ0v) is 18.8. The third-order valence-electron chi connectivity index (χ3n) is 6.23. The van der Waals surface area contributed by atoms with Gasteiger partial charge in [-0.15, -0.1) is 0 Å². The van der Waals surface area contributed by atoms with E-state index in [4.69, 9.17) is 4.98 Å². The Balaban J connectivity index is 1.28. The van der Waals surface area contributed by atoms with Gasteiger partial charge in [0.25, 0.3) is 0 Å². The summed E-state index contributed by atoms with van der Waals surface area (Å²) in [4.78, 5) is 26.3. The predicted molar refractivity (Wildman–Crippen MR) is 132 cm³/mol. The maximum atomic E-state index is 13.0. The second kappa shape index (κ2) is 9.32. The molecule has 7 heteroatoms. The van der Waals surface area contributed by atoms with E-state index in [-0.39, 0.29) is 12.5 Å². The van der Waals surface area contributed by atoms with Crippen molar-refractivity contribution in [2.75, 3.05) is 42.9 Å². The summed E-state index contributed by atoms with van der Waals surface area (Å²) in [6.07, 6.45) is 6.33. The first kappa shape index (κ1) is 21.0. The standard InChI is InChI=1S/C26H28N6O/c1-2-20-8-6-7-11-22(20)30-14-16-31(17-15-30)24(33)19-28-26-25(21-9-4-3-5-10-21)29-23-18-27-12-13-32(23)26/h3-13,18,28H,2,14-17,19H2,1H3. The highest BCUT2D eigenvalue weighted by Crippen LogP contribution is 2.28. The Bertz CT molecular complexity index is 1240. The van der Waals surface area contributed by atoms with Gasteiger partial charge in [0.15, 0.2) is 5.65 Å². The number of imidazole rings is 1. The Kier molecular flexibility index (Phi) is 5.93. The minimum Gasteiger partial charge on any atom is -0.368 e. The number of fused-ring (bicyclic) bond motifs is 1. The molecule has 0 unspecified atom stereocenters. The summed E-state index contributed by atoms with van der Waals surface area (Å²) in [5.74, 6) is 0.906. The SMILES string of the molecule is CCc1ccccc1N1CCN(C(=O)CNc2c(-c3ccccc3)nc3cnccn23)CC1. The minimum absolute atomic E-state index is 0.0986. The van der Waals surface area contributed by atoms with Gasteiger partial charge in [-0.05, 0) is 18.1 Å². The van der Waals surface area contributed by atoms with Crippen LogP contribution >= 0.6 is 0 Å². The fourth-order valence-corrected chi connectivity index (χ4v) is 4.46. The van der Waals surface area contributed by atoms with Crippen molar-refractivity contribution in [2.24, 2.45) is 0 Å². The summed E-state index contributed by atoms with van der Waals surface area (Å²) in [6.45, 7) is 5.55. The first-order chi connectivity index (χ1) is 16.2. The molecular weight excluding hydrogens is 412 g/mol. The lowest BCUT2D eigenvalue weighted by atomic mass is 10.1. The monoisotopic (exact) mass is 440 g/mol. The molecule has 0 radical (unpaired) electrons. The van der Waals surface area contributed by atoms with Gasteiger partial charge < -0.3 is 15.1 Å².